The Labute approximate surface area is 502 Å². The van der Waals surface area contributed by atoms with E-state index in [4.69, 9.17) is 9.98 Å². The highest BCUT2D eigenvalue weighted by Crippen LogP contribution is 2.36. The highest BCUT2D eigenvalue weighted by Gasteiger charge is 2.22. The van der Waals surface area contributed by atoms with Crippen LogP contribution >= 0.6 is 0 Å². The maximum absolute atomic E-state index is 4.74. The molecule has 3 aromatic heterocycles. The van der Waals surface area contributed by atoms with Crippen molar-refractivity contribution in [3.8, 4) is 0 Å². The largest absolute Gasteiger partial charge is 0.358 e. The predicted octanol–water partition coefficient (Wildman–Crippen LogP) is 24.4. The Kier molecular flexibility index (Phi) is 28.0. The van der Waals surface area contributed by atoms with Crippen LogP contribution in [0.15, 0.2) is 113 Å². The van der Waals surface area contributed by atoms with Crippen molar-refractivity contribution in [3.05, 3.63) is 159 Å². The van der Waals surface area contributed by atoms with Crippen LogP contribution in [-0.2, 0) is 23.7 Å². The Morgan fingerprint density at radius 3 is 1.02 bits per heavy atom. The number of aromatic nitrogens is 4. The van der Waals surface area contributed by atoms with Crippen molar-refractivity contribution in [1.29, 1.82) is 0 Å². The summed E-state index contributed by atoms with van der Waals surface area (Å²) in [6.07, 6.45) is 2.08. The van der Waals surface area contributed by atoms with Crippen LogP contribution in [0.5, 0.6) is 0 Å². The van der Waals surface area contributed by atoms with Gasteiger partial charge in [-0.05, 0) is 151 Å². The second-order valence-corrected chi connectivity index (χ2v) is 26.5. The zero-order valence-electron chi connectivity index (χ0n) is 51.7. The van der Waals surface area contributed by atoms with E-state index < -0.39 is 0 Å². The molecular weight excluding hydrogens is 997 g/mol. The Hall–Kier alpha value is -6.01. The smallest absolute Gasteiger partial charge is 0.109 e. The molecule has 452 valence electrons. The van der Waals surface area contributed by atoms with Crippen LogP contribution in [-0.4, -0.2) is 31.4 Å². The van der Waals surface area contributed by atoms with Crippen LogP contribution in [0.1, 0.15) is 281 Å². The van der Waals surface area contributed by atoms with Crippen LogP contribution in [0.2, 0.25) is 0 Å². The molecule has 0 fully saturated rings. The van der Waals surface area contributed by atoms with Crippen molar-refractivity contribution in [3.63, 3.8) is 0 Å². The number of H-pyrrole nitrogens is 3. The second kappa shape index (κ2) is 31.0. The molecule has 2 aliphatic rings. The number of hydrogen-bond acceptors (Lipinski definition) is 3. The van der Waals surface area contributed by atoms with E-state index in [1.807, 2.05) is 0 Å². The lowest BCUT2D eigenvalue weighted by atomic mass is 9.86. The fourth-order valence-corrected chi connectivity index (χ4v) is 9.37. The highest BCUT2D eigenvalue weighted by molar-refractivity contribution is 5.96. The van der Waals surface area contributed by atoms with Crippen LogP contribution in [0.3, 0.4) is 0 Å². The van der Waals surface area contributed by atoms with Gasteiger partial charge in [0, 0.05) is 52.6 Å². The third kappa shape index (κ3) is 19.3. The van der Waals surface area contributed by atoms with E-state index in [1.165, 1.54) is 94.9 Å². The summed E-state index contributed by atoms with van der Waals surface area (Å²) in [5, 5.41) is 2.64. The number of hydrogen-bond donors (Lipinski definition) is 3. The second-order valence-electron chi connectivity index (χ2n) is 26.5. The van der Waals surface area contributed by atoms with Gasteiger partial charge in [0.25, 0.3) is 0 Å². The molecule has 5 heterocycles. The maximum Gasteiger partial charge on any atom is 0.109 e. The predicted molar refractivity (Wildman–Crippen MR) is 372 cm³/mol. The molecular formula is C76H118N6. The fraction of sp³-hybridized carbons (Fsp3) is 0.513. The maximum atomic E-state index is 4.74. The van der Waals surface area contributed by atoms with E-state index in [0.29, 0.717) is 47.3 Å². The zero-order valence-corrected chi connectivity index (χ0v) is 51.7. The lowest BCUT2D eigenvalue weighted by molar-refractivity contribution is 0.590. The third-order valence-electron chi connectivity index (χ3n) is 15.2. The van der Waals surface area contributed by atoms with E-state index in [0.717, 1.165) is 29.7 Å². The fourth-order valence-electron chi connectivity index (χ4n) is 9.37. The summed E-state index contributed by atoms with van der Waals surface area (Å²) in [6, 6.07) is 37.9. The number of fused-ring (bicyclic) bond motifs is 5. The molecule has 0 amide bonds. The number of rotatable bonds is 8. The zero-order chi connectivity index (χ0) is 56.8. The third-order valence-corrected chi connectivity index (χ3v) is 15.2. The van der Waals surface area contributed by atoms with Gasteiger partial charge in [-0.25, -0.2) is 4.98 Å². The molecule has 5 aromatic carbocycles. The SMILES string of the molecule is C.C.C.C.C.CC(C)C1=Nc2cc(C(C)(C)C)ccc2C1.CC(C)C1=Nc2cc(C(C)(C)C)ccc2C1.CC(C)c1ccc2cc(C(C)C)[nH]c2c1.CC(C)c1ccc2cc(C(C)C)[nH]c2c1.CC(C)c1ccc2nc(C(C)C)[nH]c2c1. The summed E-state index contributed by atoms with van der Waals surface area (Å²) in [5.41, 5.74) is 22.6. The van der Waals surface area contributed by atoms with E-state index in [-0.39, 0.29) is 48.0 Å². The van der Waals surface area contributed by atoms with E-state index in [1.54, 1.807) is 0 Å². The van der Waals surface area contributed by atoms with E-state index in [2.05, 4.69) is 275 Å². The van der Waals surface area contributed by atoms with Crippen LogP contribution in [0, 0.1) is 11.8 Å². The molecule has 3 N–H and O–H groups in total. The molecule has 6 heteroatoms. The number of nitrogens with one attached hydrogen (secondary N) is 3. The lowest BCUT2D eigenvalue weighted by Crippen LogP contribution is -2.10. The summed E-state index contributed by atoms with van der Waals surface area (Å²) in [4.78, 5) is 24.4. The minimum atomic E-state index is 0. The first-order valence-corrected chi connectivity index (χ1v) is 29.1. The molecule has 0 bridgehead atoms. The van der Waals surface area contributed by atoms with Gasteiger partial charge >= 0.3 is 0 Å². The molecule has 0 unspecified atom stereocenters. The Morgan fingerprint density at radius 2 is 0.707 bits per heavy atom. The normalized spacial score (nSPS) is 12.5. The summed E-state index contributed by atoms with van der Waals surface area (Å²) in [6.45, 7) is 48.9. The lowest BCUT2D eigenvalue weighted by Gasteiger charge is -2.19. The topological polar surface area (TPSA) is 85.0 Å². The van der Waals surface area contributed by atoms with Gasteiger partial charge in [-0.2, -0.15) is 0 Å². The van der Waals surface area contributed by atoms with Gasteiger partial charge in [0.15, 0.2) is 0 Å². The minimum absolute atomic E-state index is 0. The van der Waals surface area contributed by atoms with Gasteiger partial charge in [-0.3, -0.25) is 9.98 Å². The quantitative estimate of drug-likeness (QED) is 0.139. The Bertz CT molecular complexity index is 2970. The average Bonchev–Trinajstić information content (AvgIpc) is 4.41. The molecule has 0 saturated carbocycles. The van der Waals surface area contributed by atoms with Crippen molar-refractivity contribution in [1.82, 2.24) is 19.9 Å². The van der Waals surface area contributed by atoms with Crippen LogP contribution in [0.4, 0.5) is 11.4 Å². The molecule has 0 aliphatic carbocycles. The summed E-state index contributed by atoms with van der Waals surface area (Å²) >= 11 is 0. The van der Waals surface area contributed by atoms with E-state index in [9.17, 15) is 0 Å². The summed E-state index contributed by atoms with van der Waals surface area (Å²) in [7, 11) is 0. The van der Waals surface area contributed by atoms with Crippen molar-refractivity contribution in [2.45, 2.75) is 249 Å². The first kappa shape index (κ1) is 74.0. The van der Waals surface area contributed by atoms with Crippen LogP contribution in [0.25, 0.3) is 32.8 Å². The number of nitrogens with zero attached hydrogens (tertiary/aromatic N) is 3. The molecule has 0 spiro atoms. The molecule has 0 atom stereocenters. The van der Waals surface area contributed by atoms with Gasteiger partial charge in [0.1, 0.15) is 5.82 Å². The monoisotopic (exact) mass is 1110 g/mol. The summed E-state index contributed by atoms with van der Waals surface area (Å²) in [5.74, 6) is 5.56. The van der Waals surface area contributed by atoms with E-state index >= 15 is 0 Å². The van der Waals surface area contributed by atoms with Crippen LogP contribution < -0.4 is 0 Å². The van der Waals surface area contributed by atoms with Gasteiger partial charge < -0.3 is 15.0 Å². The van der Waals surface area contributed by atoms with Crippen molar-refractivity contribution >= 4 is 55.6 Å². The molecule has 2 aliphatic heterocycles. The van der Waals surface area contributed by atoms with Crippen molar-refractivity contribution in [2.24, 2.45) is 21.8 Å². The summed E-state index contributed by atoms with van der Waals surface area (Å²) < 4.78 is 0. The highest BCUT2D eigenvalue weighted by atomic mass is 14.9. The van der Waals surface area contributed by atoms with Crippen molar-refractivity contribution in [2.75, 3.05) is 0 Å². The Balaban J connectivity index is 0.000000505. The number of benzene rings is 5. The number of aliphatic imine (C=N–C) groups is 2. The molecule has 0 radical (unpaired) electrons. The Morgan fingerprint density at radius 1 is 0.354 bits per heavy atom. The first-order valence-electron chi connectivity index (χ1n) is 29.1. The number of imidazole rings is 1. The number of aromatic amines is 3. The standard InChI is InChI=1S/2C15H21N.2C14H19N.C13H18N2.5CH4/c2*1-10(2)13-8-11-6-7-12(15(3,4)5)9-14(11)16-13;2*1-9(2)11-5-6-12-8-13(10(3)4)15-14(12)7-11;1-8(2)10-5-6-11-12(7-10)15-13(14-11)9(3)4;;;;;/h2*6-7,9-10H,8H2,1-5H3;2*5-10,15H,1-4H3;5-9H,1-4H3,(H,14,15);5*1H4. The van der Waals surface area contributed by atoms with Gasteiger partial charge in [0.2, 0.25) is 0 Å². The van der Waals surface area contributed by atoms with Gasteiger partial charge in [-0.1, -0.05) is 244 Å². The molecule has 0 saturated heterocycles. The van der Waals surface area contributed by atoms with Gasteiger partial charge in [-0.15, -0.1) is 0 Å². The molecule has 8 aromatic rings. The van der Waals surface area contributed by atoms with Crippen molar-refractivity contribution < 1.29 is 0 Å². The first-order chi connectivity index (χ1) is 36.0. The van der Waals surface area contributed by atoms with Gasteiger partial charge in [0.05, 0.1) is 22.4 Å². The molecule has 10 rings (SSSR count). The molecule has 6 nitrogen and oxygen atoms in total. The minimum Gasteiger partial charge on any atom is -0.358 e. The average molecular weight is 1120 g/mol. The molecule has 82 heavy (non-hydrogen) atoms.